The number of ether oxygens (including phenoxy) is 1. The Bertz CT molecular complexity index is 2210. The van der Waals surface area contributed by atoms with Gasteiger partial charge < -0.3 is 19.9 Å². The Morgan fingerprint density at radius 2 is 1.78 bits per heavy atom. The van der Waals surface area contributed by atoms with Crippen LogP contribution in [0.3, 0.4) is 0 Å². The van der Waals surface area contributed by atoms with Gasteiger partial charge in [0.1, 0.15) is 23.7 Å². The lowest BCUT2D eigenvalue weighted by molar-refractivity contribution is -0.164. The van der Waals surface area contributed by atoms with Gasteiger partial charge in [0, 0.05) is 74.3 Å². The van der Waals surface area contributed by atoms with E-state index >= 15 is 0 Å². The molecule has 4 amide bonds. The lowest BCUT2D eigenvalue weighted by atomic mass is 9.49. The number of hydrogen-bond donors (Lipinski definition) is 2. The predicted octanol–water partition coefficient (Wildman–Crippen LogP) is 6.66. The Morgan fingerprint density at radius 1 is 1.00 bits per heavy atom. The number of rotatable bonds is 9. The fourth-order valence-corrected chi connectivity index (χ4v) is 10.3. The number of nitrogens with zero attached hydrogens (tertiary/aromatic N) is 5. The molecule has 1 atom stereocenters. The molecule has 302 valence electrons. The summed E-state index contributed by atoms with van der Waals surface area (Å²) in [6.45, 7) is 20.7. The van der Waals surface area contributed by atoms with Crippen LogP contribution >= 0.6 is 11.6 Å². The topological polar surface area (TPSA) is 129 Å². The van der Waals surface area contributed by atoms with Gasteiger partial charge in [0.25, 0.3) is 11.8 Å². The number of imide groups is 1. The average molecular weight is 804 g/mol. The van der Waals surface area contributed by atoms with Gasteiger partial charge >= 0.3 is 0 Å². The second-order valence-corrected chi connectivity index (χ2v) is 18.0. The van der Waals surface area contributed by atoms with Gasteiger partial charge in [-0.2, -0.15) is 0 Å². The van der Waals surface area contributed by atoms with Crippen molar-refractivity contribution < 1.29 is 23.9 Å². The van der Waals surface area contributed by atoms with E-state index in [1.54, 1.807) is 29.3 Å². The van der Waals surface area contributed by atoms with Crippen LogP contribution in [-0.4, -0.2) is 89.3 Å². The molecular formula is C45H50ClN7O5. The second kappa shape index (κ2) is 15.5. The van der Waals surface area contributed by atoms with Crippen LogP contribution in [0.1, 0.15) is 91.6 Å². The van der Waals surface area contributed by atoms with Crippen molar-refractivity contribution in [3.05, 3.63) is 99.5 Å². The van der Waals surface area contributed by atoms with Crippen molar-refractivity contribution in [1.29, 1.82) is 0 Å². The first-order chi connectivity index (χ1) is 27.7. The Hall–Kier alpha value is -5.25. The number of pyridine rings is 1. The zero-order valence-electron chi connectivity index (χ0n) is 33.5. The molecule has 1 aromatic heterocycles. The molecule has 2 saturated heterocycles. The standard InChI is InChI=1S/C45H50ClN7O5/c1-44(2)42(45(3,4)43(44)58-32-8-10-35(47-5)34(46)23-32)50-39(55)30-7-12-37(48-24-30)52-20-14-27(15-21-52)25-51-18-16-28(17-19-51)29-6-9-33-31(22-29)26-53(41(33)57)36-11-13-38(54)49-40(36)56/h6-10,12,16,22-24,27,36,42-43H,11,13-15,17-21,25-26H2,1-4H3,(H,50,55)(H,49,54,56). The molecule has 5 heterocycles. The summed E-state index contributed by atoms with van der Waals surface area (Å²) in [6.07, 6.45) is 7.50. The monoisotopic (exact) mass is 803 g/mol. The molecule has 1 unspecified atom stereocenters. The lowest BCUT2D eigenvalue weighted by Crippen LogP contribution is -2.74. The van der Waals surface area contributed by atoms with E-state index in [1.807, 2.05) is 24.3 Å². The summed E-state index contributed by atoms with van der Waals surface area (Å²) in [5, 5.41) is 5.99. The minimum atomic E-state index is -0.606. The third-order valence-corrected chi connectivity index (χ3v) is 13.4. The fourth-order valence-electron chi connectivity index (χ4n) is 10.1. The Balaban J connectivity index is 0.797. The number of halogens is 1. The van der Waals surface area contributed by atoms with Crippen molar-refractivity contribution in [3.63, 3.8) is 0 Å². The first-order valence-electron chi connectivity index (χ1n) is 20.3. The molecule has 1 aliphatic carbocycles. The number of carbonyl (C=O) groups excluding carboxylic acids is 4. The Labute approximate surface area is 344 Å². The molecule has 3 fully saturated rings. The number of amides is 4. The first-order valence-corrected chi connectivity index (χ1v) is 20.7. The van der Waals surface area contributed by atoms with Crippen molar-refractivity contribution in [1.82, 2.24) is 25.4 Å². The predicted molar refractivity (Wildman–Crippen MR) is 222 cm³/mol. The summed E-state index contributed by atoms with van der Waals surface area (Å²) >= 11 is 6.26. The van der Waals surface area contributed by atoms with Crippen molar-refractivity contribution >= 4 is 52.3 Å². The van der Waals surface area contributed by atoms with Gasteiger partial charge in [-0.25, -0.2) is 9.83 Å². The van der Waals surface area contributed by atoms with E-state index < -0.39 is 6.04 Å². The van der Waals surface area contributed by atoms with Gasteiger partial charge in [0.2, 0.25) is 17.5 Å². The molecule has 0 bridgehead atoms. The Kier molecular flexibility index (Phi) is 10.6. The number of nitrogens with one attached hydrogen (secondary N) is 2. The summed E-state index contributed by atoms with van der Waals surface area (Å²) in [5.74, 6) is 1.11. The lowest BCUT2D eigenvalue weighted by Gasteiger charge is -2.63. The van der Waals surface area contributed by atoms with E-state index in [0.717, 1.165) is 68.9 Å². The van der Waals surface area contributed by atoms with Crippen LogP contribution in [0.2, 0.25) is 5.02 Å². The molecule has 5 aliphatic rings. The molecule has 3 aromatic rings. The smallest absolute Gasteiger partial charge is 0.255 e. The summed E-state index contributed by atoms with van der Waals surface area (Å²) in [7, 11) is 0. The average Bonchev–Trinajstić information content (AvgIpc) is 3.54. The highest BCUT2D eigenvalue weighted by Gasteiger charge is 2.64. The zero-order chi connectivity index (χ0) is 40.9. The highest BCUT2D eigenvalue weighted by molar-refractivity contribution is 6.33. The van der Waals surface area contributed by atoms with Gasteiger partial charge in [0.05, 0.1) is 17.2 Å². The molecule has 0 radical (unpaired) electrons. The zero-order valence-corrected chi connectivity index (χ0v) is 34.3. The van der Waals surface area contributed by atoms with E-state index in [1.165, 1.54) is 5.57 Å². The van der Waals surface area contributed by atoms with Crippen LogP contribution in [0.5, 0.6) is 5.75 Å². The normalized spacial score (nSPS) is 24.3. The van der Waals surface area contributed by atoms with Crippen LogP contribution in [0.15, 0.2) is 60.8 Å². The maximum Gasteiger partial charge on any atom is 0.255 e. The highest BCUT2D eigenvalue weighted by Crippen LogP contribution is 2.55. The number of anilines is 1. The third-order valence-electron chi connectivity index (χ3n) is 13.1. The molecule has 4 aliphatic heterocycles. The van der Waals surface area contributed by atoms with Crippen LogP contribution in [0.4, 0.5) is 11.5 Å². The van der Waals surface area contributed by atoms with E-state index in [2.05, 4.69) is 65.1 Å². The van der Waals surface area contributed by atoms with E-state index in [9.17, 15) is 19.2 Å². The number of hydrogen-bond acceptors (Lipinski definition) is 8. The van der Waals surface area contributed by atoms with Gasteiger partial charge in [-0.1, -0.05) is 57.5 Å². The molecule has 2 N–H and O–H groups in total. The largest absolute Gasteiger partial charge is 0.489 e. The molecule has 2 aromatic carbocycles. The molecule has 12 nitrogen and oxygen atoms in total. The van der Waals surface area contributed by atoms with Crippen molar-refractivity contribution in [2.75, 3.05) is 37.6 Å². The summed E-state index contributed by atoms with van der Waals surface area (Å²) in [4.78, 5) is 65.3. The minimum absolute atomic E-state index is 0.137. The maximum absolute atomic E-state index is 13.5. The van der Waals surface area contributed by atoms with Crippen LogP contribution < -0.4 is 20.3 Å². The van der Waals surface area contributed by atoms with Gasteiger partial charge in [0.15, 0.2) is 0 Å². The van der Waals surface area contributed by atoms with Gasteiger partial charge in [-0.15, -0.1) is 0 Å². The summed E-state index contributed by atoms with van der Waals surface area (Å²) in [5.41, 5.74) is 4.19. The van der Waals surface area contributed by atoms with Crippen LogP contribution in [-0.2, 0) is 16.1 Å². The SMILES string of the molecule is [C-]#[N+]c1ccc(OC2C(C)(C)C(NC(=O)c3ccc(N4CCC(CN5CC=C(c6ccc7c(c6)CN(C6CCC(=O)NC6=O)C7=O)CC5)CC4)nc3)C2(C)C)cc1Cl. The van der Waals surface area contributed by atoms with Gasteiger partial charge in [-0.3, -0.25) is 29.4 Å². The quantitative estimate of drug-likeness (QED) is 0.182. The highest BCUT2D eigenvalue weighted by atomic mass is 35.5. The Morgan fingerprint density at radius 3 is 2.43 bits per heavy atom. The third kappa shape index (κ3) is 7.46. The number of carbonyl (C=O) groups is 4. The van der Waals surface area contributed by atoms with Crippen LogP contribution in [0, 0.1) is 23.3 Å². The summed E-state index contributed by atoms with van der Waals surface area (Å²) in [6, 6.07) is 14.2. The van der Waals surface area contributed by atoms with E-state index in [-0.39, 0.29) is 53.0 Å². The molecule has 0 spiro atoms. The van der Waals surface area contributed by atoms with Crippen molar-refractivity contribution in [3.8, 4) is 5.75 Å². The number of aromatic nitrogens is 1. The maximum atomic E-state index is 13.5. The van der Waals surface area contributed by atoms with Gasteiger partial charge in [-0.05, 0) is 84.7 Å². The number of benzene rings is 2. The molecule has 8 rings (SSSR count). The first kappa shape index (κ1) is 39.6. The van der Waals surface area contributed by atoms with Crippen LogP contribution in [0.25, 0.3) is 10.4 Å². The van der Waals surface area contributed by atoms with E-state index in [4.69, 9.17) is 27.9 Å². The minimum Gasteiger partial charge on any atom is -0.489 e. The second-order valence-electron chi connectivity index (χ2n) is 17.6. The molecule has 13 heteroatoms. The number of fused-ring (bicyclic) bond motifs is 1. The van der Waals surface area contributed by atoms with Crippen molar-refractivity contribution in [2.24, 2.45) is 16.7 Å². The summed E-state index contributed by atoms with van der Waals surface area (Å²) < 4.78 is 6.38. The molecular weight excluding hydrogens is 754 g/mol. The van der Waals surface area contributed by atoms with E-state index in [0.29, 0.717) is 46.5 Å². The van der Waals surface area contributed by atoms with Crippen molar-refractivity contribution in [2.45, 2.75) is 84.5 Å². The fraction of sp³-hybridized carbons (Fsp3) is 0.467. The number of piperidine rings is 2. The molecule has 58 heavy (non-hydrogen) atoms. The molecule has 1 saturated carbocycles.